The fraction of sp³-hybridized carbons (Fsp3) is 0.304. The van der Waals surface area contributed by atoms with Crippen molar-refractivity contribution in [1.82, 2.24) is 15.6 Å². The van der Waals surface area contributed by atoms with Crippen LogP contribution in [0, 0.1) is 18.7 Å². The second-order valence-corrected chi connectivity index (χ2v) is 7.73. The van der Waals surface area contributed by atoms with Gasteiger partial charge in [0.2, 0.25) is 11.8 Å². The third-order valence-corrected chi connectivity index (χ3v) is 5.62. The van der Waals surface area contributed by atoms with Crippen LogP contribution in [0.15, 0.2) is 42.5 Å². The second-order valence-electron chi connectivity index (χ2n) is 7.73. The van der Waals surface area contributed by atoms with Crippen molar-refractivity contribution < 1.29 is 19.1 Å². The van der Waals surface area contributed by atoms with Gasteiger partial charge in [-0.15, -0.1) is 0 Å². The Bertz CT molecular complexity index is 1110. The third kappa shape index (κ3) is 3.93. The maximum atomic E-state index is 14.6. The van der Waals surface area contributed by atoms with Crippen LogP contribution in [-0.2, 0) is 16.0 Å². The highest BCUT2D eigenvalue weighted by Gasteiger charge is 2.33. The van der Waals surface area contributed by atoms with Gasteiger partial charge in [-0.05, 0) is 42.7 Å². The summed E-state index contributed by atoms with van der Waals surface area (Å²) in [5.41, 5.74) is 3.74. The maximum absolute atomic E-state index is 14.6. The van der Waals surface area contributed by atoms with Gasteiger partial charge in [0, 0.05) is 36.0 Å². The molecule has 2 atom stereocenters. The lowest BCUT2D eigenvalue weighted by Gasteiger charge is -2.13. The van der Waals surface area contributed by atoms with E-state index in [1.807, 2.05) is 37.3 Å². The number of aliphatic hydroxyl groups excluding tert-OH is 1. The Labute approximate surface area is 173 Å². The molecule has 6 nitrogen and oxygen atoms in total. The molecule has 0 saturated carbocycles. The number of rotatable bonds is 6. The predicted octanol–water partition coefficient (Wildman–Crippen LogP) is 2.44. The average molecular weight is 409 g/mol. The standard InChI is InChI=1S/C23H24FN3O3/c1-13-6-7-16(18(24)10-13)22-15(14-4-2-3-5-19(14)27-22)8-9-21(29)25-11-17-20(28)12-26-23(17)30/h2-7,10,17,20,27-28H,8-9,11-12H2,1H3,(H,25,29)(H,26,30)/t17-,20+/m0/s1. The summed E-state index contributed by atoms with van der Waals surface area (Å²) < 4.78 is 14.6. The van der Waals surface area contributed by atoms with Crippen LogP contribution in [0.4, 0.5) is 4.39 Å². The van der Waals surface area contributed by atoms with Crippen molar-refractivity contribution in [3.8, 4) is 11.3 Å². The number of fused-ring (bicyclic) bond motifs is 1. The minimum absolute atomic E-state index is 0.0964. The predicted molar refractivity (Wildman–Crippen MR) is 112 cm³/mol. The number of amides is 2. The molecule has 3 aromatic rings. The van der Waals surface area contributed by atoms with Gasteiger partial charge in [0.15, 0.2) is 0 Å². The average Bonchev–Trinajstić information content (AvgIpc) is 3.24. The van der Waals surface area contributed by atoms with Crippen molar-refractivity contribution >= 4 is 22.7 Å². The van der Waals surface area contributed by atoms with E-state index in [0.717, 1.165) is 22.0 Å². The van der Waals surface area contributed by atoms with Crippen LogP contribution in [-0.4, -0.2) is 41.1 Å². The molecule has 0 aliphatic carbocycles. The van der Waals surface area contributed by atoms with E-state index in [0.29, 0.717) is 17.7 Å². The lowest BCUT2D eigenvalue weighted by Crippen LogP contribution is -2.36. The van der Waals surface area contributed by atoms with Crippen molar-refractivity contribution in [2.45, 2.75) is 25.9 Å². The Balaban J connectivity index is 1.53. The molecule has 4 rings (SSSR count). The first kappa shape index (κ1) is 20.1. The molecule has 0 unspecified atom stereocenters. The van der Waals surface area contributed by atoms with Gasteiger partial charge >= 0.3 is 0 Å². The molecular formula is C23H24FN3O3. The van der Waals surface area contributed by atoms with E-state index >= 15 is 0 Å². The number of nitrogens with one attached hydrogen (secondary N) is 3. The molecule has 0 radical (unpaired) electrons. The fourth-order valence-electron chi connectivity index (χ4n) is 3.95. The summed E-state index contributed by atoms with van der Waals surface area (Å²) in [5.74, 6) is -1.41. The van der Waals surface area contributed by atoms with Gasteiger partial charge in [-0.2, -0.15) is 0 Å². The van der Waals surface area contributed by atoms with Gasteiger partial charge in [0.1, 0.15) is 5.82 Å². The van der Waals surface area contributed by atoms with Gasteiger partial charge < -0.3 is 20.7 Å². The normalized spacial score (nSPS) is 18.6. The lowest BCUT2D eigenvalue weighted by molar-refractivity contribution is -0.124. The Morgan fingerprint density at radius 2 is 2.07 bits per heavy atom. The van der Waals surface area contributed by atoms with Gasteiger partial charge in [0.05, 0.1) is 17.7 Å². The van der Waals surface area contributed by atoms with Gasteiger partial charge in [0.25, 0.3) is 0 Å². The van der Waals surface area contributed by atoms with E-state index in [1.54, 1.807) is 6.07 Å². The van der Waals surface area contributed by atoms with Crippen molar-refractivity contribution in [2.24, 2.45) is 5.92 Å². The molecule has 0 bridgehead atoms. The molecule has 2 amide bonds. The molecule has 1 aliphatic heterocycles. The first-order valence-corrected chi connectivity index (χ1v) is 10.0. The number of benzene rings is 2. The number of hydrogen-bond acceptors (Lipinski definition) is 3. The van der Waals surface area contributed by atoms with Crippen LogP contribution in [0.25, 0.3) is 22.2 Å². The van der Waals surface area contributed by atoms with E-state index in [-0.39, 0.29) is 37.1 Å². The molecule has 7 heteroatoms. The smallest absolute Gasteiger partial charge is 0.227 e. The van der Waals surface area contributed by atoms with Crippen molar-refractivity contribution in [3.63, 3.8) is 0 Å². The maximum Gasteiger partial charge on any atom is 0.227 e. The molecule has 156 valence electrons. The Morgan fingerprint density at radius 3 is 2.80 bits per heavy atom. The van der Waals surface area contributed by atoms with Crippen LogP contribution >= 0.6 is 0 Å². The zero-order chi connectivity index (χ0) is 21.3. The summed E-state index contributed by atoms with van der Waals surface area (Å²) >= 11 is 0. The van der Waals surface area contributed by atoms with Crippen molar-refractivity contribution in [3.05, 3.63) is 59.4 Å². The highest BCUT2D eigenvalue weighted by atomic mass is 19.1. The van der Waals surface area contributed by atoms with Crippen molar-refractivity contribution in [1.29, 1.82) is 0 Å². The summed E-state index contributed by atoms with van der Waals surface area (Å²) in [6, 6.07) is 12.8. The molecule has 30 heavy (non-hydrogen) atoms. The molecule has 1 aliphatic rings. The first-order valence-electron chi connectivity index (χ1n) is 10.0. The Morgan fingerprint density at radius 1 is 1.27 bits per heavy atom. The van der Waals surface area contributed by atoms with E-state index in [1.165, 1.54) is 6.07 Å². The quantitative estimate of drug-likeness (QED) is 0.504. The minimum Gasteiger partial charge on any atom is -0.390 e. The number of aromatic amines is 1. The molecule has 1 fully saturated rings. The molecule has 2 heterocycles. The van der Waals surface area contributed by atoms with Gasteiger partial charge in [-0.1, -0.05) is 24.3 Å². The van der Waals surface area contributed by atoms with Crippen LogP contribution in [0.1, 0.15) is 17.5 Å². The molecule has 1 saturated heterocycles. The van der Waals surface area contributed by atoms with Crippen LogP contribution < -0.4 is 10.6 Å². The monoisotopic (exact) mass is 409 g/mol. The highest BCUT2D eigenvalue weighted by molar-refractivity contribution is 5.91. The van der Waals surface area contributed by atoms with Gasteiger partial charge in [-0.3, -0.25) is 9.59 Å². The number of para-hydroxylation sites is 1. The summed E-state index contributed by atoms with van der Waals surface area (Å²) in [6.45, 7) is 2.14. The molecular weight excluding hydrogens is 385 g/mol. The lowest BCUT2D eigenvalue weighted by atomic mass is 9.99. The third-order valence-electron chi connectivity index (χ3n) is 5.62. The topological polar surface area (TPSA) is 94.2 Å². The van der Waals surface area contributed by atoms with Gasteiger partial charge in [-0.25, -0.2) is 4.39 Å². The van der Waals surface area contributed by atoms with Crippen LogP contribution in [0.2, 0.25) is 0 Å². The number of H-pyrrole nitrogens is 1. The molecule has 1 aromatic heterocycles. The second kappa shape index (κ2) is 8.28. The van der Waals surface area contributed by atoms with Crippen LogP contribution in [0.3, 0.4) is 0 Å². The van der Waals surface area contributed by atoms with E-state index < -0.39 is 12.0 Å². The molecule has 2 aromatic carbocycles. The zero-order valence-corrected chi connectivity index (χ0v) is 16.7. The SMILES string of the molecule is Cc1ccc(-c2[nH]c3ccccc3c2CCC(=O)NC[C@@H]2C(=O)NC[C@H]2O)c(F)c1. The Hall–Kier alpha value is -3.19. The van der Waals surface area contributed by atoms with Crippen molar-refractivity contribution in [2.75, 3.05) is 13.1 Å². The number of aryl methyl sites for hydroxylation is 2. The first-order chi connectivity index (χ1) is 14.4. The van der Waals surface area contributed by atoms with Crippen LogP contribution in [0.5, 0.6) is 0 Å². The highest BCUT2D eigenvalue weighted by Crippen LogP contribution is 2.33. The molecule has 0 spiro atoms. The number of halogens is 1. The number of carbonyl (C=O) groups excluding carboxylic acids is 2. The van der Waals surface area contributed by atoms with E-state index in [4.69, 9.17) is 0 Å². The number of carbonyl (C=O) groups is 2. The number of hydrogen-bond donors (Lipinski definition) is 4. The largest absolute Gasteiger partial charge is 0.390 e. The number of aromatic nitrogens is 1. The van der Waals surface area contributed by atoms with E-state index in [9.17, 15) is 19.1 Å². The zero-order valence-electron chi connectivity index (χ0n) is 16.7. The fourth-order valence-corrected chi connectivity index (χ4v) is 3.95. The summed E-state index contributed by atoms with van der Waals surface area (Å²) in [6.07, 6.45) is -0.187. The Kier molecular flexibility index (Phi) is 5.55. The van der Waals surface area contributed by atoms with E-state index in [2.05, 4.69) is 15.6 Å². The summed E-state index contributed by atoms with van der Waals surface area (Å²) in [5, 5.41) is 16.1. The summed E-state index contributed by atoms with van der Waals surface area (Å²) in [4.78, 5) is 27.4. The summed E-state index contributed by atoms with van der Waals surface area (Å²) in [7, 11) is 0. The molecule has 4 N–H and O–H groups in total. The number of aliphatic hydroxyl groups is 1. The minimum atomic E-state index is -0.789. The number of β-amino-alcohol motifs (C(OH)–C–C–N with tert-alkyl or cyclic N) is 1.